The van der Waals surface area contributed by atoms with Crippen LogP contribution in [0.4, 0.5) is 0 Å². The minimum absolute atomic E-state index is 0.132. The minimum Gasteiger partial charge on any atom is -0.381 e. The van der Waals surface area contributed by atoms with E-state index in [0.29, 0.717) is 6.54 Å². The summed E-state index contributed by atoms with van der Waals surface area (Å²) in [4.78, 5) is 4.83. The van der Waals surface area contributed by atoms with Crippen molar-refractivity contribution in [1.29, 1.82) is 0 Å². The third kappa shape index (κ3) is 3.77. The SMILES string of the molecule is Cc1c(Cl)c(CNC2(c3cccc(Br)c3)CCOCC2)nc2ccccc12. The summed E-state index contributed by atoms with van der Waals surface area (Å²) in [5.41, 5.74) is 4.11. The van der Waals surface area contributed by atoms with E-state index in [2.05, 4.69) is 58.5 Å². The molecule has 1 fully saturated rings. The van der Waals surface area contributed by atoms with Crippen LogP contribution in [0, 0.1) is 6.92 Å². The van der Waals surface area contributed by atoms with Crippen molar-refractivity contribution in [3.8, 4) is 0 Å². The number of rotatable bonds is 4. The van der Waals surface area contributed by atoms with Crippen molar-refractivity contribution >= 4 is 38.4 Å². The lowest BCUT2D eigenvalue weighted by Gasteiger charge is -2.39. The quantitative estimate of drug-likeness (QED) is 0.555. The van der Waals surface area contributed by atoms with Gasteiger partial charge < -0.3 is 10.1 Å². The van der Waals surface area contributed by atoms with Crippen LogP contribution >= 0.6 is 27.5 Å². The molecule has 2 heterocycles. The van der Waals surface area contributed by atoms with Crippen molar-refractivity contribution in [3.63, 3.8) is 0 Å². The third-order valence-corrected chi connectivity index (χ3v) is 6.46. The predicted molar refractivity (Wildman–Crippen MR) is 114 cm³/mol. The Kier molecular flexibility index (Phi) is 5.51. The number of aryl methyl sites for hydroxylation is 1. The number of hydrogen-bond donors (Lipinski definition) is 1. The van der Waals surface area contributed by atoms with E-state index in [4.69, 9.17) is 21.3 Å². The summed E-state index contributed by atoms with van der Waals surface area (Å²) < 4.78 is 6.72. The monoisotopic (exact) mass is 444 g/mol. The Labute approximate surface area is 173 Å². The second kappa shape index (κ2) is 7.88. The van der Waals surface area contributed by atoms with Crippen LogP contribution in [0.5, 0.6) is 0 Å². The zero-order valence-corrected chi connectivity index (χ0v) is 17.6. The molecule has 140 valence electrons. The molecule has 0 bridgehead atoms. The van der Waals surface area contributed by atoms with Gasteiger partial charge in [-0.25, -0.2) is 4.98 Å². The van der Waals surface area contributed by atoms with Gasteiger partial charge in [0.05, 0.1) is 16.2 Å². The maximum Gasteiger partial charge on any atom is 0.0738 e. The van der Waals surface area contributed by atoms with Crippen LogP contribution in [0.1, 0.15) is 29.7 Å². The minimum atomic E-state index is -0.132. The van der Waals surface area contributed by atoms with Crippen LogP contribution in [0.3, 0.4) is 0 Å². The number of nitrogens with one attached hydrogen (secondary N) is 1. The van der Waals surface area contributed by atoms with Gasteiger partial charge >= 0.3 is 0 Å². The Morgan fingerprint density at radius 3 is 2.70 bits per heavy atom. The van der Waals surface area contributed by atoms with Crippen LogP contribution in [0.25, 0.3) is 10.9 Å². The summed E-state index contributed by atoms with van der Waals surface area (Å²) in [6.45, 7) is 4.18. The molecular formula is C22H22BrClN2O. The van der Waals surface area contributed by atoms with E-state index < -0.39 is 0 Å². The number of benzene rings is 2. The second-order valence-corrected chi connectivity index (χ2v) is 8.37. The standard InChI is InChI=1S/C22H22BrClN2O/c1-15-18-7-2-3-8-19(18)26-20(21(15)24)14-25-22(9-11-27-12-10-22)16-5-4-6-17(23)13-16/h2-8,13,25H,9-12,14H2,1H3. The number of fused-ring (bicyclic) bond motifs is 1. The Morgan fingerprint density at radius 1 is 1.15 bits per heavy atom. The Bertz CT molecular complexity index is 970. The molecule has 1 saturated heterocycles. The Morgan fingerprint density at radius 2 is 1.93 bits per heavy atom. The van der Waals surface area contributed by atoms with E-state index in [1.165, 1.54) is 5.56 Å². The average Bonchev–Trinajstić information content (AvgIpc) is 2.70. The summed E-state index contributed by atoms with van der Waals surface area (Å²) in [5, 5.41) is 5.64. The van der Waals surface area contributed by atoms with Crippen LogP contribution < -0.4 is 5.32 Å². The number of nitrogens with zero attached hydrogens (tertiary/aromatic N) is 1. The van der Waals surface area contributed by atoms with Gasteiger partial charge in [0.2, 0.25) is 0 Å². The predicted octanol–water partition coefficient (Wildman–Crippen LogP) is 5.75. The molecule has 1 aliphatic rings. The van der Waals surface area contributed by atoms with Crippen molar-refractivity contribution in [3.05, 3.63) is 74.8 Å². The maximum absolute atomic E-state index is 6.67. The Balaban J connectivity index is 1.67. The zero-order chi connectivity index (χ0) is 18.9. The van der Waals surface area contributed by atoms with Gasteiger partial charge in [-0.05, 0) is 49.1 Å². The lowest BCUT2D eigenvalue weighted by atomic mass is 9.82. The number of halogens is 2. The highest BCUT2D eigenvalue weighted by molar-refractivity contribution is 9.10. The first-order chi connectivity index (χ1) is 13.1. The van der Waals surface area contributed by atoms with Gasteiger partial charge in [0.1, 0.15) is 0 Å². The van der Waals surface area contributed by atoms with Gasteiger partial charge in [-0.1, -0.05) is 57.9 Å². The van der Waals surface area contributed by atoms with E-state index >= 15 is 0 Å². The highest BCUT2D eigenvalue weighted by atomic mass is 79.9. The molecule has 1 aliphatic heterocycles. The van der Waals surface area contributed by atoms with Crippen LogP contribution in [-0.4, -0.2) is 18.2 Å². The van der Waals surface area contributed by atoms with Crippen molar-refractivity contribution in [1.82, 2.24) is 10.3 Å². The topological polar surface area (TPSA) is 34.1 Å². The third-order valence-electron chi connectivity index (χ3n) is 5.46. The molecule has 1 aromatic heterocycles. The first kappa shape index (κ1) is 18.9. The first-order valence-electron chi connectivity index (χ1n) is 9.22. The fourth-order valence-electron chi connectivity index (χ4n) is 3.86. The molecule has 0 spiro atoms. The molecule has 4 rings (SSSR count). The molecule has 0 unspecified atom stereocenters. The lowest BCUT2D eigenvalue weighted by Crippen LogP contribution is -2.46. The van der Waals surface area contributed by atoms with Gasteiger partial charge in [-0.3, -0.25) is 0 Å². The molecule has 1 N–H and O–H groups in total. The summed E-state index contributed by atoms with van der Waals surface area (Å²) in [6.07, 6.45) is 1.85. The van der Waals surface area contributed by atoms with Crippen molar-refractivity contribution in [2.75, 3.05) is 13.2 Å². The maximum atomic E-state index is 6.67. The molecule has 0 radical (unpaired) electrons. The number of pyridine rings is 1. The van der Waals surface area contributed by atoms with Gasteiger partial charge in [-0.2, -0.15) is 0 Å². The molecule has 0 atom stereocenters. The lowest BCUT2D eigenvalue weighted by molar-refractivity contribution is 0.0356. The number of para-hydroxylation sites is 1. The number of aromatic nitrogens is 1. The first-order valence-corrected chi connectivity index (χ1v) is 10.4. The summed E-state index contributed by atoms with van der Waals surface area (Å²) in [5.74, 6) is 0. The highest BCUT2D eigenvalue weighted by Crippen LogP contribution is 2.35. The van der Waals surface area contributed by atoms with Crippen molar-refractivity contribution < 1.29 is 4.74 Å². The van der Waals surface area contributed by atoms with E-state index in [1.54, 1.807) is 0 Å². The van der Waals surface area contributed by atoms with Crippen LogP contribution in [-0.2, 0) is 16.8 Å². The van der Waals surface area contributed by atoms with E-state index in [9.17, 15) is 0 Å². The highest BCUT2D eigenvalue weighted by Gasteiger charge is 2.34. The fourth-order valence-corrected chi connectivity index (χ4v) is 4.47. The van der Waals surface area contributed by atoms with Gasteiger partial charge in [0, 0.05) is 35.2 Å². The van der Waals surface area contributed by atoms with Crippen molar-refractivity contribution in [2.24, 2.45) is 0 Å². The molecule has 3 aromatic rings. The normalized spacial score (nSPS) is 16.6. The molecule has 0 saturated carbocycles. The van der Waals surface area contributed by atoms with Crippen LogP contribution in [0.2, 0.25) is 5.02 Å². The molecule has 0 aliphatic carbocycles. The Hall–Kier alpha value is -1.46. The average molecular weight is 446 g/mol. The molecule has 27 heavy (non-hydrogen) atoms. The zero-order valence-electron chi connectivity index (χ0n) is 15.3. The second-order valence-electron chi connectivity index (χ2n) is 7.07. The van der Waals surface area contributed by atoms with Gasteiger partial charge in [-0.15, -0.1) is 0 Å². The fraction of sp³-hybridized carbons (Fsp3) is 0.318. The summed E-state index contributed by atoms with van der Waals surface area (Å²) >= 11 is 10.3. The molecule has 2 aromatic carbocycles. The van der Waals surface area contributed by atoms with E-state index in [1.807, 2.05) is 18.2 Å². The largest absolute Gasteiger partial charge is 0.381 e. The van der Waals surface area contributed by atoms with E-state index in [0.717, 1.165) is 57.7 Å². The summed E-state index contributed by atoms with van der Waals surface area (Å²) in [6, 6.07) is 16.7. The molecular weight excluding hydrogens is 424 g/mol. The molecule has 3 nitrogen and oxygen atoms in total. The van der Waals surface area contributed by atoms with Gasteiger partial charge in [0.15, 0.2) is 0 Å². The number of ether oxygens (including phenoxy) is 1. The van der Waals surface area contributed by atoms with Gasteiger partial charge in [0.25, 0.3) is 0 Å². The smallest absolute Gasteiger partial charge is 0.0738 e. The molecule has 0 amide bonds. The molecule has 5 heteroatoms. The summed E-state index contributed by atoms with van der Waals surface area (Å²) in [7, 11) is 0. The van der Waals surface area contributed by atoms with Crippen LogP contribution in [0.15, 0.2) is 53.0 Å². The van der Waals surface area contributed by atoms with Crippen molar-refractivity contribution in [2.45, 2.75) is 31.8 Å². The number of hydrogen-bond acceptors (Lipinski definition) is 3. The van der Waals surface area contributed by atoms with E-state index in [-0.39, 0.29) is 5.54 Å².